The molecule has 16 heavy (non-hydrogen) atoms. The molecule has 0 saturated heterocycles. The lowest BCUT2D eigenvalue weighted by atomic mass is 9.88. The molecule has 0 spiro atoms. The average molecular weight is 243 g/mol. The van der Waals surface area contributed by atoms with E-state index in [1.807, 2.05) is 26.0 Å². The van der Waals surface area contributed by atoms with Gasteiger partial charge >= 0.3 is 0 Å². The molecule has 0 radical (unpaired) electrons. The first-order valence-corrected chi connectivity index (χ1v) is 6.12. The van der Waals surface area contributed by atoms with Gasteiger partial charge in [0.25, 0.3) is 0 Å². The van der Waals surface area contributed by atoms with Crippen LogP contribution in [0.1, 0.15) is 40.2 Å². The van der Waals surface area contributed by atoms with E-state index in [-0.39, 0.29) is 5.41 Å². The number of hydrogen-bond acceptors (Lipinski definition) is 1. The van der Waals surface area contributed by atoms with Crippen LogP contribution in [-0.2, 0) is 6.42 Å². The van der Waals surface area contributed by atoms with E-state index in [9.17, 15) is 0 Å². The molecule has 0 N–H and O–H groups in total. The van der Waals surface area contributed by atoms with Crippen molar-refractivity contribution in [3.8, 4) is 5.75 Å². The second-order valence-electron chi connectivity index (χ2n) is 4.71. The van der Waals surface area contributed by atoms with E-state index in [4.69, 9.17) is 16.3 Å². The van der Waals surface area contributed by atoms with Gasteiger partial charge in [0.15, 0.2) is 0 Å². The van der Waals surface area contributed by atoms with Crippen molar-refractivity contribution in [3.05, 3.63) is 28.8 Å². The van der Waals surface area contributed by atoms with Gasteiger partial charge < -0.3 is 4.74 Å². The van der Waals surface area contributed by atoms with Crippen LogP contribution in [0.15, 0.2) is 18.2 Å². The Morgan fingerprint density at radius 2 is 1.75 bits per heavy atom. The zero-order valence-corrected chi connectivity index (χ0v) is 12.0. The molecule has 0 atom stereocenters. The first-order valence-electron chi connectivity index (χ1n) is 5.75. The maximum atomic E-state index is 6.03. The van der Waals surface area contributed by atoms with Crippen molar-refractivity contribution < 1.29 is 4.74 Å². The van der Waals surface area contributed by atoms with E-state index in [0.717, 1.165) is 12.2 Å². The topological polar surface area (TPSA) is 9.23 Å². The molecule has 0 saturated carbocycles. The van der Waals surface area contributed by atoms with Crippen molar-refractivity contribution >= 4 is 11.6 Å². The van der Waals surface area contributed by atoms with E-state index in [1.54, 1.807) is 7.11 Å². The normalized spacial score (nSPS) is 10.4. The second-order valence-corrected chi connectivity index (χ2v) is 5.11. The summed E-state index contributed by atoms with van der Waals surface area (Å²) >= 11 is 6.03. The zero-order chi connectivity index (χ0) is 12.8. The Kier molecular flexibility index (Phi) is 6.51. The SMILES string of the molecule is CC.COc1ccc(CC(C)(C)C)cc1Cl. The number of halogens is 1. The van der Waals surface area contributed by atoms with Gasteiger partial charge in [0, 0.05) is 0 Å². The molecule has 0 aliphatic rings. The molecule has 1 nitrogen and oxygen atoms in total. The van der Waals surface area contributed by atoms with Crippen molar-refractivity contribution in [2.24, 2.45) is 5.41 Å². The molecule has 1 aromatic rings. The minimum atomic E-state index is 0.290. The van der Waals surface area contributed by atoms with Crippen LogP contribution < -0.4 is 4.74 Å². The first-order chi connectivity index (χ1) is 7.42. The Labute approximate surface area is 105 Å². The van der Waals surface area contributed by atoms with Gasteiger partial charge in [-0.2, -0.15) is 0 Å². The molecular weight excluding hydrogens is 220 g/mol. The highest BCUT2D eigenvalue weighted by Gasteiger charge is 2.12. The molecule has 0 fully saturated rings. The summed E-state index contributed by atoms with van der Waals surface area (Å²) < 4.78 is 5.10. The summed E-state index contributed by atoms with van der Waals surface area (Å²) in [6.45, 7) is 10.6. The van der Waals surface area contributed by atoms with Crippen LogP contribution in [0.2, 0.25) is 5.02 Å². The summed E-state index contributed by atoms with van der Waals surface area (Å²) in [6, 6.07) is 5.96. The van der Waals surface area contributed by atoms with Crippen molar-refractivity contribution in [1.29, 1.82) is 0 Å². The predicted molar refractivity (Wildman–Crippen MR) is 72.5 cm³/mol. The molecule has 92 valence electrons. The van der Waals surface area contributed by atoms with Crippen LogP contribution in [0.3, 0.4) is 0 Å². The van der Waals surface area contributed by atoms with Crippen LogP contribution in [-0.4, -0.2) is 7.11 Å². The molecule has 1 rings (SSSR count). The fourth-order valence-electron chi connectivity index (χ4n) is 1.43. The average Bonchev–Trinajstić information content (AvgIpc) is 2.18. The number of methoxy groups -OCH3 is 1. The quantitative estimate of drug-likeness (QED) is 0.712. The lowest BCUT2D eigenvalue weighted by Crippen LogP contribution is -2.08. The molecule has 0 amide bonds. The van der Waals surface area contributed by atoms with Crippen molar-refractivity contribution in [2.75, 3.05) is 7.11 Å². The molecular formula is C14H23ClO. The Balaban J connectivity index is 0.00000106. The third kappa shape index (κ3) is 5.41. The monoisotopic (exact) mass is 242 g/mol. The molecule has 1 aromatic carbocycles. The van der Waals surface area contributed by atoms with Crippen molar-refractivity contribution in [2.45, 2.75) is 41.0 Å². The molecule has 0 bridgehead atoms. The molecule has 0 heterocycles. The fourth-order valence-corrected chi connectivity index (χ4v) is 1.71. The second kappa shape index (κ2) is 6.80. The summed E-state index contributed by atoms with van der Waals surface area (Å²) in [5, 5.41) is 0.689. The van der Waals surface area contributed by atoms with Gasteiger partial charge in [-0.3, -0.25) is 0 Å². The van der Waals surface area contributed by atoms with E-state index in [2.05, 4.69) is 26.8 Å². The lowest BCUT2D eigenvalue weighted by molar-refractivity contribution is 0.406. The van der Waals surface area contributed by atoms with Gasteiger partial charge in [0.1, 0.15) is 5.75 Å². The van der Waals surface area contributed by atoms with Gasteiger partial charge in [-0.25, -0.2) is 0 Å². The minimum absolute atomic E-state index is 0.290. The Morgan fingerprint density at radius 3 is 2.12 bits per heavy atom. The lowest BCUT2D eigenvalue weighted by Gasteiger charge is -2.18. The third-order valence-electron chi connectivity index (χ3n) is 1.95. The summed E-state index contributed by atoms with van der Waals surface area (Å²) in [7, 11) is 1.63. The summed E-state index contributed by atoms with van der Waals surface area (Å²) in [6.07, 6.45) is 1.02. The van der Waals surface area contributed by atoms with Gasteiger partial charge in [-0.05, 0) is 29.5 Å². The highest BCUT2D eigenvalue weighted by Crippen LogP contribution is 2.28. The molecule has 0 aromatic heterocycles. The van der Waals surface area contributed by atoms with E-state index in [1.165, 1.54) is 5.56 Å². The summed E-state index contributed by atoms with van der Waals surface area (Å²) in [5.74, 6) is 0.740. The Bertz CT molecular complexity index is 313. The largest absolute Gasteiger partial charge is 0.495 e. The third-order valence-corrected chi connectivity index (χ3v) is 2.25. The standard InChI is InChI=1S/C12H17ClO.C2H6/c1-12(2,3)8-9-5-6-11(14-4)10(13)7-9;1-2/h5-7H,8H2,1-4H3;1-2H3. The number of rotatable bonds is 2. The molecule has 0 unspecified atom stereocenters. The van der Waals surface area contributed by atoms with Gasteiger partial charge in [-0.1, -0.05) is 52.3 Å². The van der Waals surface area contributed by atoms with E-state index < -0.39 is 0 Å². The smallest absolute Gasteiger partial charge is 0.137 e. The van der Waals surface area contributed by atoms with Crippen LogP contribution >= 0.6 is 11.6 Å². The summed E-state index contributed by atoms with van der Waals surface area (Å²) in [4.78, 5) is 0. The maximum absolute atomic E-state index is 6.03. The van der Waals surface area contributed by atoms with Crippen LogP contribution in [0.4, 0.5) is 0 Å². The van der Waals surface area contributed by atoms with Gasteiger partial charge in [-0.15, -0.1) is 0 Å². The number of ether oxygens (including phenoxy) is 1. The van der Waals surface area contributed by atoms with E-state index >= 15 is 0 Å². The number of hydrogen-bond donors (Lipinski definition) is 0. The zero-order valence-electron chi connectivity index (χ0n) is 11.2. The Morgan fingerprint density at radius 1 is 1.19 bits per heavy atom. The van der Waals surface area contributed by atoms with Gasteiger partial charge in [0.05, 0.1) is 12.1 Å². The predicted octanol–water partition coefficient (Wildman–Crippen LogP) is 4.96. The Hall–Kier alpha value is -0.690. The van der Waals surface area contributed by atoms with Crippen LogP contribution in [0.25, 0.3) is 0 Å². The number of benzene rings is 1. The molecule has 0 aliphatic heterocycles. The van der Waals surface area contributed by atoms with Crippen LogP contribution in [0.5, 0.6) is 5.75 Å². The van der Waals surface area contributed by atoms with Crippen molar-refractivity contribution in [1.82, 2.24) is 0 Å². The van der Waals surface area contributed by atoms with Gasteiger partial charge in [0.2, 0.25) is 0 Å². The molecule has 2 heteroatoms. The molecule has 0 aliphatic carbocycles. The van der Waals surface area contributed by atoms with E-state index in [0.29, 0.717) is 5.02 Å². The maximum Gasteiger partial charge on any atom is 0.137 e. The van der Waals surface area contributed by atoms with Crippen molar-refractivity contribution in [3.63, 3.8) is 0 Å². The highest BCUT2D eigenvalue weighted by atomic mass is 35.5. The highest BCUT2D eigenvalue weighted by molar-refractivity contribution is 6.32. The summed E-state index contributed by atoms with van der Waals surface area (Å²) in [5.41, 5.74) is 1.54. The van der Waals surface area contributed by atoms with Crippen LogP contribution in [0, 0.1) is 5.41 Å². The fraction of sp³-hybridized carbons (Fsp3) is 0.571. The first kappa shape index (κ1) is 15.3. The minimum Gasteiger partial charge on any atom is -0.495 e.